The third-order valence-corrected chi connectivity index (χ3v) is 2.75. The maximum atomic E-state index is 12.1. The van der Waals surface area contributed by atoms with E-state index in [9.17, 15) is 9.59 Å². The van der Waals surface area contributed by atoms with Crippen LogP contribution in [0, 0.1) is 0 Å². The Labute approximate surface area is 101 Å². The molecule has 1 atom stereocenters. The molecule has 1 amide bonds. The molecule has 92 valence electrons. The van der Waals surface area contributed by atoms with Crippen LogP contribution >= 0.6 is 0 Å². The van der Waals surface area contributed by atoms with Gasteiger partial charge in [0.25, 0.3) is 0 Å². The third-order valence-electron chi connectivity index (χ3n) is 2.75. The van der Waals surface area contributed by atoms with Crippen molar-refractivity contribution in [2.45, 2.75) is 19.9 Å². The number of benzene rings is 1. The average molecular weight is 234 g/mol. The SMILES string of the molecule is CCN(CC(N)=O)C(C)C(=O)c1ccccc1. The number of hydrogen-bond acceptors (Lipinski definition) is 3. The topological polar surface area (TPSA) is 63.4 Å². The van der Waals surface area contributed by atoms with Crippen LogP contribution in [0.2, 0.25) is 0 Å². The van der Waals surface area contributed by atoms with E-state index in [0.29, 0.717) is 12.1 Å². The molecule has 0 aromatic heterocycles. The first kappa shape index (κ1) is 13.4. The molecule has 0 saturated carbocycles. The largest absolute Gasteiger partial charge is 0.369 e. The smallest absolute Gasteiger partial charge is 0.231 e. The number of carbonyl (C=O) groups is 2. The summed E-state index contributed by atoms with van der Waals surface area (Å²) < 4.78 is 0. The summed E-state index contributed by atoms with van der Waals surface area (Å²) in [5, 5.41) is 0. The molecule has 0 saturated heterocycles. The van der Waals surface area contributed by atoms with Crippen molar-refractivity contribution in [3.8, 4) is 0 Å². The molecule has 1 aromatic rings. The Bertz CT molecular complexity index is 390. The molecular weight excluding hydrogens is 216 g/mol. The van der Waals surface area contributed by atoms with E-state index >= 15 is 0 Å². The van der Waals surface area contributed by atoms with Crippen LogP contribution in [-0.4, -0.2) is 35.7 Å². The minimum Gasteiger partial charge on any atom is -0.369 e. The van der Waals surface area contributed by atoms with Gasteiger partial charge in [0.2, 0.25) is 5.91 Å². The van der Waals surface area contributed by atoms with Crippen LogP contribution in [0.4, 0.5) is 0 Å². The first-order valence-electron chi connectivity index (χ1n) is 5.67. The lowest BCUT2D eigenvalue weighted by molar-refractivity contribution is -0.119. The summed E-state index contributed by atoms with van der Waals surface area (Å²) in [6.07, 6.45) is 0. The number of primary amides is 1. The van der Waals surface area contributed by atoms with Crippen molar-refractivity contribution in [1.82, 2.24) is 4.90 Å². The summed E-state index contributed by atoms with van der Waals surface area (Å²) in [6, 6.07) is 8.72. The van der Waals surface area contributed by atoms with Crippen LogP contribution in [0.15, 0.2) is 30.3 Å². The number of nitrogens with zero attached hydrogens (tertiary/aromatic N) is 1. The number of carbonyl (C=O) groups excluding carboxylic acids is 2. The first-order chi connectivity index (χ1) is 8.06. The number of rotatable bonds is 6. The molecule has 2 N–H and O–H groups in total. The van der Waals surface area contributed by atoms with Crippen LogP contribution in [0.25, 0.3) is 0 Å². The monoisotopic (exact) mass is 234 g/mol. The fraction of sp³-hybridized carbons (Fsp3) is 0.385. The predicted molar refractivity (Wildman–Crippen MR) is 66.7 cm³/mol. The molecule has 1 unspecified atom stereocenters. The lowest BCUT2D eigenvalue weighted by atomic mass is 10.0. The molecule has 4 heteroatoms. The van der Waals surface area contributed by atoms with Gasteiger partial charge in [-0.05, 0) is 13.5 Å². The molecule has 0 spiro atoms. The van der Waals surface area contributed by atoms with Gasteiger partial charge in [0.05, 0.1) is 12.6 Å². The second-order valence-electron chi connectivity index (χ2n) is 3.94. The normalized spacial score (nSPS) is 12.4. The van der Waals surface area contributed by atoms with Gasteiger partial charge in [-0.15, -0.1) is 0 Å². The van der Waals surface area contributed by atoms with Crippen molar-refractivity contribution in [3.05, 3.63) is 35.9 Å². The van der Waals surface area contributed by atoms with Crippen LogP contribution in [0.1, 0.15) is 24.2 Å². The van der Waals surface area contributed by atoms with Gasteiger partial charge in [-0.1, -0.05) is 37.3 Å². The zero-order valence-electron chi connectivity index (χ0n) is 10.2. The van der Waals surface area contributed by atoms with E-state index in [1.54, 1.807) is 24.0 Å². The van der Waals surface area contributed by atoms with Gasteiger partial charge in [-0.3, -0.25) is 14.5 Å². The molecule has 0 aliphatic rings. The Hall–Kier alpha value is -1.68. The van der Waals surface area contributed by atoms with E-state index in [0.717, 1.165) is 0 Å². The molecule has 1 rings (SSSR count). The Morgan fingerprint density at radius 2 is 1.88 bits per heavy atom. The lowest BCUT2D eigenvalue weighted by Gasteiger charge is -2.25. The van der Waals surface area contributed by atoms with E-state index in [1.165, 1.54) is 0 Å². The van der Waals surface area contributed by atoms with Crippen molar-refractivity contribution in [1.29, 1.82) is 0 Å². The number of nitrogens with two attached hydrogens (primary N) is 1. The molecular formula is C13H18N2O2. The molecule has 0 heterocycles. The number of Topliss-reactive ketones (excluding diaryl/α,β-unsaturated/α-hetero) is 1. The molecule has 0 aliphatic carbocycles. The lowest BCUT2D eigenvalue weighted by Crippen LogP contribution is -2.43. The fourth-order valence-corrected chi connectivity index (χ4v) is 1.73. The average Bonchev–Trinajstić information content (AvgIpc) is 2.35. The summed E-state index contributed by atoms with van der Waals surface area (Å²) in [7, 11) is 0. The maximum absolute atomic E-state index is 12.1. The number of ketones is 1. The van der Waals surface area contributed by atoms with E-state index in [-0.39, 0.29) is 18.4 Å². The van der Waals surface area contributed by atoms with E-state index in [1.807, 2.05) is 25.1 Å². The van der Waals surface area contributed by atoms with E-state index < -0.39 is 5.91 Å². The summed E-state index contributed by atoms with van der Waals surface area (Å²) in [5.74, 6) is -0.409. The van der Waals surface area contributed by atoms with Crippen LogP contribution in [0.5, 0.6) is 0 Å². The highest BCUT2D eigenvalue weighted by Crippen LogP contribution is 2.08. The van der Waals surface area contributed by atoms with Crippen LogP contribution < -0.4 is 5.73 Å². The predicted octanol–water partition coefficient (Wildman–Crippen LogP) is 1.06. The highest BCUT2D eigenvalue weighted by molar-refractivity contribution is 6.00. The Kier molecular flexibility index (Phi) is 4.84. The Morgan fingerprint density at radius 3 is 2.35 bits per heavy atom. The fourth-order valence-electron chi connectivity index (χ4n) is 1.73. The van der Waals surface area contributed by atoms with Gasteiger partial charge >= 0.3 is 0 Å². The number of hydrogen-bond donors (Lipinski definition) is 1. The highest BCUT2D eigenvalue weighted by Gasteiger charge is 2.22. The van der Waals surface area contributed by atoms with Gasteiger partial charge in [0.15, 0.2) is 5.78 Å². The zero-order valence-corrected chi connectivity index (χ0v) is 10.2. The second-order valence-corrected chi connectivity index (χ2v) is 3.94. The minimum atomic E-state index is -0.417. The maximum Gasteiger partial charge on any atom is 0.231 e. The molecule has 4 nitrogen and oxygen atoms in total. The van der Waals surface area contributed by atoms with Gasteiger partial charge in [0.1, 0.15) is 0 Å². The van der Waals surface area contributed by atoms with Gasteiger partial charge in [0, 0.05) is 5.56 Å². The molecule has 1 aromatic carbocycles. The number of likely N-dealkylation sites (N-methyl/N-ethyl adjacent to an activating group) is 1. The van der Waals surface area contributed by atoms with Crippen LogP contribution in [-0.2, 0) is 4.79 Å². The van der Waals surface area contributed by atoms with Crippen LogP contribution in [0.3, 0.4) is 0 Å². The highest BCUT2D eigenvalue weighted by atomic mass is 16.1. The van der Waals surface area contributed by atoms with E-state index in [2.05, 4.69) is 0 Å². The Balaban J connectivity index is 2.77. The van der Waals surface area contributed by atoms with Crippen molar-refractivity contribution >= 4 is 11.7 Å². The summed E-state index contributed by atoms with van der Waals surface area (Å²) >= 11 is 0. The third kappa shape index (κ3) is 3.67. The molecule has 0 bridgehead atoms. The van der Waals surface area contributed by atoms with Gasteiger partial charge in [-0.2, -0.15) is 0 Å². The number of amides is 1. The minimum absolute atomic E-state index is 0.00806. The first-order valence-corrected chi connectivity index (χ1v) is 5.67. The second kappa shape index (κ2) is 6.15. The van der Waals surface area contributed by atoms with Gasteiger partial charge in [-0.25, -0.2) is 0 Å². The van der Waals surface area contributed by atoms with Crippen molar-refractivity contribution in [2.24, 2.45) is 5.73 Å². The van der Waals surface area contributed by atoms with Crippen molar-refractivity contribution in [2.75, 3.05) is 13.1 Å². The van der Waals surface area contributed by atoms with E-state index in [4.69, 9.17) is 5.73 Å². The molecule has 17 heavy (non-hydrogen) atoms. The Morgan fingerprint density at radius 1 is 1.29 bits per heavy atom. The quantitative estimate of drug-likeness (QED) is 0.749. The summed E-state index contributed by atoms with van der Waals surface area (Å²) in [6.45, 7) is 4.42. The molecule has 0 radical (unpaired) electrons. The standard InChI is InChI=1S/C13H18N2O2/c1-3-15(9-12(14)16)10(2)13(17)11-7-5-4-6-8-11/h4-8,10H,3,9H2,1-2H3,(H2,14,16). The van der Waals surface area contributed by atoms with Crippen molar-refractivity contribution in [3.63, 3.8) is 0 Å². The zero-order chi connectivity index (χ0) is 12.8. The summed E-state index contributed by atoms with van der Waals surface area (Å²) in [5.41, 5.74) is 5.81. The summed E-state index contributed by atoms with van der Waals surface area (Å²) in [4.78, 5) is 24.8. The van der Waals surface area contributed by atoms with Gasteiger partial charge < -0.3 is 5.73 Å². The molecule has 0 aliphatic heterocycles. The molecule has 0 fully saturated rings. The van der Waals surface area contributed by atoms with Crippen molar-refractivity contribution < 1.29 is 9.59 Å².